The van der Waals surface area contributed by atoms with Gasteiger partial charge in [-0.1, -0.05) is 23.4 Å². The molecule has 2 heterocycles. The Morgan fingerprint density at radius 3 is 2.72 bits per heavy atom. The third kappa shape index (κ3) is 5.85. The van der Waals surface area contributed by atoms with Gasteiger partial charge in [0.05, 0.1) is 33.8 Å². The Balaban J connectivity index is 1.83. The minimum absolute atomic E-state index is 0.0193. The zero-order chi connectivity index (χ0) is 28.3. The molecule has 1 aromatic heterocycles. The van der Waals surface area contributed by atoms with Crippen LogP contribution in [0.1, 0.15) is 55.0 Å². The van der Waals surface area contributed by atoms with Crippen LogP contribution in [0.4, 0.5) is 5.69 Å². The maximum atomic E-state index is 13.4. The van der Waals surface area contributed by atoms with Crippen LogP contribution in [0.2, 0.25) is 5.02 Å². The van der Waals surface area contributed by atoms with Crippen LogP contribution >= 0.6 is 23.4 Å². The van der Waals surface area contributed by atoms with E-state index in [0.717, 1.165) is 36.9 Å². The van der Waals surface area contributed by atoms with Gasteiger partial charge in [0.2, 0.25) is 5.88 Å². The number of benzene rings is 1. The molecule has 1 aliphatic heterocycles. The summed E-state index contributed by atoms with van der Waals surface area (Å²) in [5.74, 6) is -2.12. The van der Waals surface area contributed by atoms with Crippen molar-refractivity contribution in [3.05, 3.63) is 84.6 Å². The topological polar surface area (TPSA) is 165 Å². The molecule has 0 amide bonds. The number of aromatic nitrogens is 1. The lowest BCUT2D eigenvalue weighted by molar-refractivity contribution is -0.384. The summed E-state index contributed by atoms with van der Waals surface area (Å²) in [7, 11) is 0. The van der Waals surface area contributed by atoms with Crippen LogP contribution in [0.3, 0.4) is 0 Å². The molecule has 1 aromatic carbocycles. The summed E-state index contributed by atoms with van der Waals surface area (Å²) in [6.45, 7) is 3.33. The number of hydrogen-bond donors (Lipinski definition) is 1. The predicted octanol–water partition coefficient (Wildman–Crippen LogP) is 5.20. The highest BCUT2D eigenvalue weighted by Crippen LogP contribution is 2.44. The standard InChI is InChI=1S/C27H24ClN5O5S/c1-14(2)37-27(34)24-22(13-39-26-16(11-29)9-15-5-3-4-6-21(15)32-26)38-25(31)19(12-30)23(24)18-10-17(33(35)36)7-8-20(18)28/h7-10,14,23H,3-6,13,31H2,1-2H3. The van der Waals surface area contributed by atoms with Crippen LogP contribution in [0.5, 0.6) is 0 Å². The second-order valence-corrected chi connectivity index (χ2v) is 10.6. The van der Waals surface area contributed by atoms with Gasteiger partial charge in [-0.25, -0.2) is 9.78 Å². The van der Waals surface area contributed by atoms with Gasteiger partial charge in [0, 0.05) is 22.8 Å². The lowest BCUT2D eigenvalue weighted by Crippen LogP contribution is -2.28. The average molecular weight is 566 g/mol. The summed E-state index contributed by atoms with van der Waals surface area (Å²) in [5.41, 5.74) is 8.20. The summed E-state index contributed by atoms with van der Waals surface area (Å²) < 4.78 is 11.3. The van der Waals surface area contributed by atoms with E-state index in [9.17, 15) is 25.4 Å². The average Bonchev–Trinajstić information content (AvgIpc) is 2.90. The molecule has 200 valence electrons. The molecule has 2 N–H and O–H groups in total. The number of hydrogen-bond acceptors (Lipinski definition) is 10. The van der Waals surface area contributed by atoms with Gasteiger partial charge in [-0.05, 0) is 62.8 Å². The summed E-state index contributed by atoms with van der Waals surface area (Å²) in [4.78, 5) is 29.1. The number of allylic oxidation sites excluding steroid dienone is 1. The molecular weight excluding hydrogens is 542 g/mol. The third-order valence-electron chi connectivity index (χ3n) is 6.29. The molecule has 1 aliphatic carbocycles. The second kappa shape index (κ2) is 11.8. The highest BCUT2D eigenvalue weighted by Gasteiger charge is 2.39. The fourth-order valence-corrected chi connectivity index (χ4v) is 5.69. The number of esters is 1. The number of aryl methyl sites for hydroxylation is 2. The molecule has 4 rings (SSSR count). The Bertz CT molecular complexity index is 1510. The SMILES string of the molecule is CC(C)OC(=O)C1=C(CSc2nc3c(cc2C#N)CCCC3)OC(N)=C(C#N)C1c1cc([N+](=O)[O-])ccc1Cl. The van der Waals surface area contributed by atoms with Crippen LogP contribution in [-0.4, -0.2) is 27.7 Å². The minimum atomic E-state index is -1.18. The van der Waals surface area contributed by atoms with Crippen molar-refractivity contribution >= 4 is 35.0 Å². The molecule has 0 fully saturated rings. The summed E-state index contributed by atoms with van der Waals surface area (Å²) in [6, 6.07) is 9.75. The monoisotopic (exact) mass is 565 g/mol. The largest absolute Gasteiger partial charge is 0.459 e. The number of nitrogens with zero attached hydrogens (tertiary/aromatic N) is 4. The first-order valence-electron chi connectivity index (χ1n) is 12.2. The number of non-ortho nitro benzene ring substituents is 1. The molecule has 0 saturated carbocycles. The van der Waals surface area contributed by atoms with Crippen molar-refractivity contribution in [2.45, 2.75) is 56.6 Å². The highest BCUT2D eigenvalue weighted by molar-refractivity contribution is 7.99. The fraction of sp³-hybridized carbons (Fsp3) is 0.333. The summed E-state index contributed by atoms with van der Waals surface area (Å²) in [5, 5.41) is 31.8. The predicted molar refractivity (Wildman–Crippen MR) is 143 cm³/mol. The smallest absolute Gasteiger partial charge is 0.338 e. The van der Waals surface area contributed by atoms with E-state index in [1.807, 2.05) is 12.1 Å². The number of halogens is 1. The van der Waals surface area contributed by atoms with E-state index in [1.165, 1.54) is 30.0 Å². The quantitative estimate of drug-likeness (QED) is 0.204. The van der Waals surface area contributed by atoms with E-state index in [-0.39, 0.29) is 44.8 Å². The first-order chi connectivity index (χ1) is 18.6. The Morgan fingerprint density at radius 2 is 2.05 bits per heavy atom. The molecule has 0 bridgehead atoms. The molecule has 1 atom stereocenters. The van der Waals surface area contributed by atoms with Crippen molar-refractivity contribution in [3.8, 4) is 12.1 Å². The molecule has 2 aromatic rings. The van der Waals surface area contributed by atoms with E-state index < -0.39 is 22.9 Å². The van der Waals surface area contributed by atoms with Crippen LogP contribution in [-0.2, 0) is 27.1 Å². The van der Waals surface area contributed by atoms with E-state index in [0.29, 0.717) is 10.6 Å². The van der Waals surface area contributed by atoms with E-state index in [4.69, 9.17) is 31.8 Å². The number of pyridine rings is 1. The van der Waals surface area contributed by atoms with Crippen LogP contribution in [0.25, 0.3) is 0 Å². The minimum Gasteiger partial charge on any atom is -0.459 e. The lowest BCUT2D eigenvalue weighted by atomic mass is 9.83. The van der Waals surface area contributed by atoms with Gasteiger partial charge in [0.25, 0.3) is 5.69 Å². The van der Waals surface area contributed by atoms with Gasteiger partial charge >= 0.3 is 5.97 Å². The number of nitro groups is 1. The van der Waals surface area contributed by atoms with Gasteiger partial charge in [0.15, 0.2) is 0 Å². The van der Waals surface area contributed by atoms with Crippen molar-refractivity contribution in [3.63, 3.8) is 0 Å². The van der Waals surface area contributed by atoms with E-state index in [2.05, 4.69) is 6.07 Å². The van der Waals surface area contributed by atoms with Gasteiger partial charge < -0.3 is 15.2 Å². The molecule has 2 aliphatic rings. The van der Waals surface area contributed by atoms with Crippen molar-refractivity contribution in [1.29, 1.82) is 10.5 Å². The molecule has 0 saturated heterocycles. The second-order valence-electron chi connectivity index (χ2n) is 9.23. The van der Waals surface area contributed by atoms with Crippen molar-refractivity contribution in [2.75, 3.05) is 5.75 Å². The van der Waals surface area contributed by atoms with Gasteiger partial charge in [0.1, 0.15) is 28.5 Å². The molecule has 1 unspecified atom stereocenters. The number of ether oxygens (including phenoxy) is 2. The highest BCUT2D eigenvalue weighted by atomic mass is 35.5. The third-order valence-corrected chi connectivity index (χ3v) is 7.62. The van der Waals surface area contributed by atoms with E-state index >= 15 is 0 Å². The summed E-state index contributed by atoms with van der Waals surface area (Å²) in [6.07, 6.45) is 3.23. The normalized spacial score (nSPS) is 16.7. The zero-order valence-electron chi connectivity index (χ0n) is 21.2. The van der Waals surface area contributed by atoms with E-state index in [1.54, 1.807) is 13.8 Å². The number of rotatable bonds is 7. The van der Waals surface area contributed by atoms with Gasteiger partial charge in [-0.3, -0.25) is 10.1 Å². The van der Waals surface area contributed by atoms with Crippen molar-refractivity contribution < 1.29 is 19.2 Å². The number of nitro benzene ring substituents is 1. The molecule has 12 heteroatoms. The first kappa shape index (κ1) is 28.0. The number of nitrogens with two attached hydrogens (primary N) is 1. The Morgan fingerprint density at radius 1 is 1.31 bits per heavy atom. The molecule has 0 radical (unpaired) electrons. The molecule has 10 nitrogen and oxygen atoms in total. The van der Waals surface area contributed by atoms with Gasteiger partial charge in [-0.15, -0.1) is 0 Å². The molecule has 39 heavy (non-hydrogen) atoms. The molecular formula is C27H24ClN5O5S. The fourth-order valence-electron chi connectivity index (χ4n) is 4.54. The Kier molecular flexibility index (Phi) is 8.44. The summed E-state index contributed by atoms with van der Waals surface area (Å²) >= 11 is 7.63. The Labute approximate surface area is 234 Å². The number of nitriles is 2. The van der Waals surface area contributed by atoms with Crippen LogP contribution < -0.4 is 5.73 Å². The number of fused-ring (bicyclic) bond motifs is 1. The lowest BCUT2D eigenvalue weighted by Gasteiger charge is -2.29. The first-order valence-corrected chi connectivity index (χ1v) is 13.5. The molecule has 0 spiro atoms. The number of thioether (sulfide) groups is 1. The van der Waals surface area contributed by atoms with Crippen molar-refractivity contribution in [2.24, 2.45) is 5.73 Å². The Hall–Kier alpha value is -4.06. The maximum Gasteiger partial charge on any atom is 0.338 e. The van der Waals surface area contributed by atoms with Crippen molar-refractivity contribution in [1.82, 2.24) is 4.98 Å². The van der Waals surface area contributed by atoms with Crippen LogP contribution in [0, 0.1) is 32.8 Å². The zero-order valence-corrected chi connectivity index (χ0v) is 22.8. The van der Waals surface area contributed by atoms with Gasteiger partial charge in [-0.2, -0.15) is 10.5 Å². The number of carbonyl (C=O) groups excluding carboxylic acids is 1. The number of carbonyl (C=O) groups is 1. The maximum absolute atomic E-state index is 13.4. The van der Waals surface area contributed by atoms with Crippen LogP contribution in [0.15, 0.2) is 52.1 Å².